The Bertz CT molecular complexity index is 579. The van der Waals surface area contributed by atoms with Crippen molar-refractivity contribution in [2.24, 2.45) is 0 Å². The highest BCUT2D eigenvalue weighted by atomic mass is 16.5. The van der Waals surface area contributed by atoms with E-state index in [-0.39, 0.29) is 0 Å². The topological polar surface area (TPSA) is 28.3 Å². The molecule has 0 saturated heterocycles. The number of ether oxygens (including phenoxy) is 1. The number of nitrogens with one attached hydrogen (secondary N) is 1. The second-order valence-corrected chi connectivity index (χ2v) is 5.38. The Balaban J connectivity index is 1.96. The van der Waals surface area contributed by atoms with Crippen LogP contribution in [0.1, 0.15) is 17.5 Å². The molecule has 0 bridgehead atoms. The first kappa shape index (κ1) is 12.6. The summed E-state index contributed by atoms with van der Waals surface area (Å²) in [5, 5.41) is 1.40. The van der Waals surface area contributed by atoms with Gasteiger partial charge in [0, 0.05) is 29.2 Å². The molecule has 3 nitrogen and oxygen atoms in total. The summed E-state index contributed by atoms with van der Waals surface area (Å²) in [6.07, 6.45) is 6.64. The molecular weight excluding hydrogens is 235 g/mol. The van der Waals surface area contributed by atoms with E-state index in [0.29, 0.717) is 0 Å². The maximum Gasteiger partial charge on any atom is 0.123 e. The molecule has 2 aromatic rings. The van der Waals surface area contributed by atoms with E-state index in [0.717, 1.165) is 44.6 Å². The molecule has 0 amide bonds. The summed E-state index contributed by atoms with van der Waals surface area (Å²) < 4.78 is 5.78. The van der Waals surface area contributed by atoms with Crippen LogP contribution in [-0.2, 0) is 12.8 Å². The van der Waals surface area contributed by atoms with Crippen LogP contribution in [0.15, 0.2) is 18.3 Å². The van der Waals surface area contributed by atoms with Gasteiger partial charge < -0.3 is 14.6 Å². The van der Waals surface area contributed by atoms with Gasteiger partial charge >= 0.3 is 0 Å². The molecule has 0 fully saturated rings. The normalized spacial score (nSPS) is 14.6. The zero-order chi connectivity index (χ0) is 13.2. The van der Waals surface area contributed by atoms with Crippen molar-refractivity contribution < 1.29 is 4.74 Å². The maximum absolute atomic E-state index is 5.78. The van der Waals surface area contributed by atoms with Crippen LogP contribution < -0.4 is 4.74 Å². The number of aromatic amines is 1. The number of nitrogens with zero attached hydrogens (tertiary/aromatic N) is 1. The average molecular weight is 256 g/mol. The molecule has 1 aromatic heterocycles. The third-order valence-electron chi connectivity index (χ3n) is 4.12. The number of likely N-dealkylation sites (N-methyl/N-ethyl adjacent to an activating group) is 1. The standard InChI is InChI=1S/C15H21BN2O/c1-18(10-16)7-6-11-9-17-13-4-5-14-12(15(11)13)3-2-8-19-14/h4-5,9,17H,2-3,6-8,10,16H2,1H3. The van der Waals surface area contributed by atoms with Crippen LogP contribution >= 0.6 is 0 Å². The van der Waals surface area contributed by atoms with Gasteiger partial charge in [0.25, 0.3) is 0 Å². The predicted molar refractivity (Wildman–Crippen MR) is 81.9 cm³/mol. The quantitative estimate of drug-likeness (QED) is 0.841. The summed E-state index contributed by atoms with van der Waals surface area (Å²) in [7, 11) is 4.37. The molecule has 0 atom stereocenters. The molecule has 0 spiro atoms. The van der Waals surface area contributed by atoms with Gasteiger partial charge in [0.15, 0.2) is 0 Å². The summed E-state index contributed by atoms with van der Waals surface area (Å²) in [5.41, 5.74) is 4.08. The van der Waals surface area contributed by atoms with Crippen LogP contribution in [0.2, 0.25) is 0 Å². The summed E-state index contributed by atoms with van der Waals surface area (Å²) in [6, 6.07) is 4.25. The van der Waals surface area contributed by atoms with Crippen molar-refractivity contribution in [1.29, 1.82) is 0 Å². The van der Waals surface area contributed by atoms with Gasteiger partial charge in [-0.1, -0.05) is 0 Å². The predicted octanol–water partition coefficient (Wildman–Crippen LogP) is 1.56. The largest absolute Gasteiger partial charge is 0.493 e. The van der Waals surface area contributed by atoms with Crippen molar-refractivity contribution in [3.8, 4) is 5.75 Å². The summed E-state index contributed by atoms with van der Waals surface area (Å²) >= 11 is 0. The Morgan fingerprint density at radius 1 is 1.42 bits per heavy atom. The highest BCUT2D eigenvalue weighted by Gasteiger charge is 2.17. The second kappa shape index (κ2) is 5.29. The van der Waals surface area contributed by atoms with Gasteiger partial charge in [0.1, 0.15) is 13.6 Å². The molecule has 1 N–H and O–H groups in total. The highest BCUT2D eigenvalue weighted by Crippen LogP contribution is 2.34. The minimum absolute atomic E-state index is 0.858. The lowest BCUT2D eigenvalue weighted by atomic mass is 9.98. The first-order valence-electron chi connectivity index (χ1n) is 7.22. The average Bonchev–Trinajstić information content (AvgIpc) is 2.88. The minimum Gasteiger partial charge on any atom is -0.493 e. The number of hydrogen-bond acceptors (Lipinski definition) is 2. The fourth-order valence-corrected chi connectivity index (χ4v) is 2.83. The number of aromatic nitrogens is 1. The number of fused-ring (bicyclic) bond motifs is 3. The molecule has 1 aliphatic rings. The first-order chi connectivity index (χ1) is 9.29. The van der Waals surface area contributed by atoms with Crippen molar-refractivity contribution in [2.45, 2.75) is 19.3 Å². The van der Waals surface area contributed by atoms with Crippen molar-refractivity contribution in [2.75, 3.05) is 26.6 Å². The van der Waals surface area contributed by atoms with E-state index < -0.39 is 0 Å². The van der Waals surface area contributed by atoms with Crippen LogP contribution in [0, 0.1) is 0 Å². The van der Waals surface area contributed by atoms with Gasteiger partial charge in [-0.05, 0) is 50.5 Å². The van der Waals surface area contributed by atoms with Gasteiger partial charge in [0.2, 0.25) is 0 Å². The molecular formula is C15H21BN2O. The van der Waals surface area contributed by atoms with Crippen LogP contribution in [0.5, 0.6) is 5.75 Å². The highest BCUT2D eigenvalue weighted by molar-refractivity contribution is 6.08. The molecule has 0 saturated carbocycles. The van der Waals surface area contributed by atoms with Gasteiger partial charge in [0.05, 0.1) is 6.61 Å². The van der Waals surface area contributed by atoms with E-state index in [2.05, 4.69) is 43.1 Å². The number of H-pyrrole nitrogens is 1. The Morgan fingerprint density at radius 3 is 3.16 bits per heavy atom. The number of hydrogen-bond donors (Lipinski definition) is 1. The molecule has 0 aliphatic carbocycles. The fraction of sp³-hybridized carbons (Fsp3) is 0.467. The van der Waals surface area contributed by atoms with E-state index in [9.17, 15) is 0 Å². The molecule has 0 unspecified atom stereocenters. The van der Waals surface area contributed by atoms with Crippen LogP contribution in [-0.4, -0.2) is 44.4 Å². The second-order valence-electron chi connectivity index (χ2n) is 5.38. The van der Waals surface area contributed by atoms with Crippen molar-refractivity contribution in [3.05, 3.63) is 29.5 Å². The first-order valence-corrected chi connectivity index (χ1v) is 7.22. The third-order valence-corrected chi connectivity index (χ3v) is 4.12. The van der Waals surface area contributed by atoms with Crippen molar-refractivity contribution in [3.63, 3.8) is 0 Å². The van der Waals surface area contributed by atoms with Gasteiger partial charge in [-0.25, -0.2) is 0 Å². The third kappa shape index (κ3) is 2.37. The summed E-state index contributed by atoms with van der Waals surface area (Å²) in [6.45, 7) is 1.96. The van der Waals surface area contributed by atoms with Gasteiger partial charge in [-0.2, -0.15) is 0 Å². The Kier molecular flexibility index (Phi) is 3.51. The van der Waals surface area contributed by atoms with E-state index >= 15 is 0 Å². The van der Waals surface area contributed by atoms with Gasteiger partial charge in [-0.15, -0.1) is 0 Å². The number of rotatable bonds is 4. The summed E-state index contributed by atoms with van der Waals surface area (Å²) in [4.78, 5) is 5.76. The van der Waals surface area contributed by atoms with Crippen LogP contribution in [0.4, 0.5) is 0 Å². The fourth-order valence-electron chi connectivity index (χ4n) is 2.83. The lowest BCUT2D eigenvalue weighted by molar-refractivity contribution is 0.289. The SMILES string of the molecule is BCN(C)CCc1c[nH]c2ccc3c(c12)CCCO3. The molecule has 2 heterocycles. The Hall–Kier alpha value is -1.42. The van der Waals surface area contributed by atoms with E-state index in [1.54, 1.807) is 0 Å². The molecule has 3 rings (SSSR count). The van der Waals surface area contributed by atoms with Crippen LogP contribution in [0.3, 0.4) is 0 Å². The lowest BCUT2D eigenvalue weighted by Crippen LogP contribution is -2.22. The number of benzene rings is 1. The zero-order valence-corrected chi connectivity index (χ0v) is 11.8. The summed E-state index contributed by atoms with van der Waals surface area (Å²) in [5.74, 6) is 1.09. The van der Waals surface area contributed by atoms with Crippen LogP contribution in [0.25, 0.3) is 10.9 Å². The molecule has 0 radical (unpaired) electrons. The van der Waals surface area contributed by atoms with E-state index in [1.165, 1.54) is 22.0 Å². The Morgan fingerprint density at radius 2 is 2.32 bits per heavy atom. The van der Waals surface area contributed by atoms with Gasteiger partial charge in [-0.3, -0.25) is 0 Å². The lowest BCUT2D eigenvalue weighted by Gasteiger charge is -2.19. The molecule has 100 valence electrons. The van der Waals surface area contributed by atoms with Crippen molar-refractivity contribution >= 4 is 18.7 Å². The van der Waals surface area contributed by atoms with E-state index in [4.69, 9.17) is 4.74 Å². The van der Waals surface area contributed by atoms with E-state index in [1.807, 2.05) is 0 Å². The molecule has 4 heteroatoms. The zero-order valence-electron chi connectivity index (χ0n) is 11.8. The maximum atomic E-state index is 5.78. The molecule has 1 aromatic carbocycles. The molecule has 19 heavy (non-hydrogen) atoms. The molecule has 1 aliphatic heterocycles. The minimum atomic E-state index is 0.858. The van der Waals surface area contributed by atoms with Crippen molar-refractivity contribution in [1.82, 2.24) is 9.88 Å². The smallest absolute Gasteiger partial charge is 0.123 e. The monoisotopic (exact) mass is 256 g/mol. The number of aryl methyl sites for hydroxylation is 1. The Labute approximate surface area is 115 Å².